The number of nitrogens with two attached hydrogens (primary N) is 1. The number of urea groups is 1. The van der Waals surface area contributed by atoms with Gasteiger partial charge in [0.2, 0.25) is 0 Å². The van der Waals surface area contributed by atoms with Crippen molar-refractivity contribution in [3.63, 3.8) is 0 Å². The zero-order valence-electron chi connectivity index (χ0n) is 16.2. The van der Waals surface area contributed by atoms with E-state index >= 15 is 0 Å². The highest BCUT2D eigenvalue weighted by atomic mass is 16.2. The SMILES string of the molecule is NCCNC(=O)NC1CCN(c2nc(-c3cccnc3)nc3ccccc23)CC1. The number of nitrogens with zero attached hydrogens (tertiary/aromatic N) is 4. The van der Waals surface area contributed by atoms with Crippen LogP contribution in [0.15, 0.2) is 48.8 Å². The molecule has 29 heavy (non-hydrogen) atoms. The summed E-state index contributed by atoms with van der Waals surface area (Å²) in [4.78, 5) is 28.0. The first-order chi connectivity index (χ1) is 14.2. The van der Waals surface area contributed by atoms with E-state index in [4.69, 9.17) is 15.7 Å². The first-order valence-corrected chi connectivity index (χ1v) is 9.91. The normalized spacial score (nSPS) is 14.7. The van der Waals surface area contributed by atoms with Crippen molar-refractivity contribution in [2.24, 2.45) is 5.73 Å². The molecule has 2 aromatic heterocycles. The molecule has 4 rings (SSSR count). The van der Waals surface area contributed by atoms with Gasteiger partial charge in [-0.1, -0.05) is 12.1 Å². The lowest BCUT2D eigenvalue weighted by Gasteiger charge is -2.33. The van der Waals surface area contributed by atoms with E-state index in [0.29, 0.717) is 18.9 Å². The van der Waals surface area contributed by atoms with E-state index in [-0.39, 0.29) is 12.1 Å². The number of carbonyl (C=O) groups is 1. The van der Waals surface area contributed by atoms with Crippen LogP contribution in [0.1, 0.15) is 12.8 Å². The summed E-state index contributed by atoms with van der Waals surface area (Å²) in [5.41, 5.74) is 7.24. The molecule has 0 aliphatic carbocycles. The maximum absolute atomic E-state index is 11.9. The molecule has 0 unspecified atom stereocenters. The molecule has 150 valence electrons. The molecule has 0 bridgehead atoms. The fraction of sp³-hybridized carbons (Fsp3) is 0.333. The average Bonchev–Trinajstić information content (AvgIpc) is 2.78. The van der Waals surface area contributed by atoms with E-state index < -0.39 is 0 Å². The average molecular weight is 391 g/mol. The van der Waals surface area contributed by atoms with Gasteiger partial charge in [-0.05, 0) is 37.1 Å². The highest BCUT2D eigenvalue weighted by Crippen LogP contribution is 2.29. The number of hydrogen-bond acceptors (Lipinski definition) is 6. The van der Waals surface area contributed by atoms with Gasteiger partial charge in [0.25, 0.3) is 0 Å². The number of benzene rings is 1. The fourth-order valence-corrected chi connectivity index (χ4v) is 3.58. The standard InChI is InChI=1S/C21H25N7O/c22-9-11-24-21(29)25-16-7-12-28(13-8-16)20-17-5-1-2-6-18(17)26-19(27-20)15-4-3-10-23-14-15/h1-6,10,14,16H,7-9,11-13,22H2,(H2,24,25,29). The third-order valence-electron chi connectivity index (χ3n) is 5.06. The molecule has 1 aromatic carbocycles. The molecule has 3 heterocycles. The van der Waals surface area contributed by atoms with Crippen molar-refractivity contribution in [3.05, 3.63) is 48.8 Å². The maximum Gasteiger partial charge on any atom is 0.315 e. The smallest absolute Gasteiger partial charge is 0.315 e. The van der Waals surface area contributed by atoms with Crippen LogP contribution in [0.25, 0.3) is 22.3 Å². The summed E-state index contributed by atoms with van der Waals surface area (Å²) in [5.74, 6) is 1.61. The second-order valence-corrected chi connectivity index (χ2v) is 7.08. The monoisotopic (exact) mass is 391 g/mol. The number of hydrogen-bond donors (Lipinski definition) is 3. The highest BCUT2D eigenvalue weighted by molar-refractivity contribution is 5.91. The number of aromatic nitrogens is 3. The van der Waals surface area contributed by atoms with Crippen molar-refractivity contribution in [1.82, 2.24) is 25.6 Å². The van der Waals surface area contributed by atoms with Gasteiger partial charge in [-0.3, -0.25) is 4.98 Å². The van der Waals surface area contributed by atoms with Crippen molar-refractivity contribution in [2.75, 3.05) is 31.1 Å². The van der Waals surface area contributed by atoms with Crippen LogP contribution in [0.3, 0.4) is 0 Å². The molecule has 3 aromatic rings. The van der Waals surface area contributed by atoms with Gasteiger partial charge in [0, 0.05) is 55.6 Å². The lowest BCUT2D eigenvalue weighted by molar-refractivity contribution is 0.234. The first kappa shape index (κ1) is 19.1. The number of nitrogens with one attached hydrogen (secondary N) is 2. The largest absolute Gasteiger partial charge is 0.356 e. The quantitative estimate of drug-likeness (QED) is 0.613. The minimum Gasteiger partial charge on any atom is -0.356 e. The Morgan fingerprint density at radius 3 is 2.72 bits per heavy atom. The molecule has 8 nitrogen and oxygen atoms in total. The van der Waals surface area contributed by atoms with Gasteiger partial charge in [-0.2, -0.15) is 0 Å². The van der Waals surface area contributed by atoms with Gasteiger partial charge in [0.05, 0.1) is 5.52 Å². The Kier molecular flexibility index (Phi) is 5.81. The number of rotatable bonds is 5. The van der Waals surface area contributed by atoms with Gasteiger partial charge >= 0.3 is 6.03 Å². The van der Waals surface area contributed by atoms with Crippen LogP contribution in [-0.4, -0.2) is 53.2 Å². The van der Waals surface area contributed by atoms with Gasteiger partial charge in [-0.25, -0.2) is 14.8 Å². The second kappa shape index (κ2) is 8.83. The maximum atomic E-state index is 11.9. The van der Waals surface area contributed by atoms with Crippen LogP contribution in [0.4, 0.5) is 10.6 Å². The van der Waals surface area contributed by atoms with Crippen LogP contribution in [0.5, 0.6) is 0 Å². The predicted octanol–water partition coefficient (Wildman–Crippen LogP) is 1.92. The number of carbonyl (C=O) groups excluding carboxylic acids is 1. The third-order valence-corrected chi connectivity index (χ3v) is 5.06. The molecule has 1 aliphatic heterocycles. The summed E-state index contributed by atoms with van der Waals surface area (Å²) in [5, 5.41) is 6.82. The molecule has 0 atom stereocenters. The molecule has 1 saturated heterocycles. The van der Waals surface area contributed by atoms with Gasteiger partial charge in [0.1, 0.15) is 5.82 Å². The Hall–Kier alpha value is -3.26. The molecule has 1 aliphatic rings. The second-order valence-electron chi connectivity index (χ2n) is 7.08. The van der Waals surface area contributed by atoms with Crippen molar-refractivity contribution in [2.45, 2.75) is 18.9 Å². The molecular weight excluding hydrogens is 366 g/mol. The van der Waals surface area contributed by atoms with Crippen LogP contribution in [0, 0.1) is 0 Å². The molecule has 0 spiro atoms. The summed E-state index contributed by atoms with van der Waals surface area (Å²) in [7, 11) is 0. The summed E-state index contributed by atoms with van der Waals surface area (Å²) in [6, 6.07) is 11.9. The number of pyridine rings is 1. The van der Waals surface area contributed by atoms with Crippen molar-refractivity contribution >= 4 is 22.8 Å². The number of fused-ring (bicyclic) bond motifs is 1. The molecule has 0 saturated carbocycles. The number of para-hydroxylation sites is 1. The number of anilines is 1. The Morgan fingerprint density at radius 2 is 1.97 bits per heavy atom. The number of amides is 2. The summed E-state index contributed by atoms with van der Waals surface area (Å²) in [6.07, 6.45) is 5.24. The van der Waals surface area contributed by atoms with Gasteiger partial charge in [-0.15, -0.1) is 0 Å². The Morgan fingerprint density at radius 1 is 1.14 bits per heavy atom. The van der Waals surface area contributed by atoms with E-state index in [1.807, 2.05) is 30.3 Å². The summed E-state index contributed by atoms with van der Waals surface area (Å²) in [6.45, 7) is 2.55. The third kappa shape index (κ3) is 4.43. The molecule has 8 heteroatoms. The van der Waals surface area contributed by atoms with E-state index in [9.17, 15) is 4.79 Å². The predicted molar refractivity (Wildman–Crippen MR) is 114 cm³/mol. The molecule has 4 N–H and O–H groups in total. The van der Waals surface area contributed by atoms with Crippen LogP contribution >= 0.6 is 0 Å². The molecule has 1 fully saturated rings. The lowest BCUT2D eigenvalue weighted by Crippen LogP contribution is -2.48. The number of piperidine rings is 1. The van der Waals surface area contributed by atoms with E-state index in [0.717, 1.165) is 48.2 Å². The lowest BCUT2D eigenvalue weighted by atomic mass is 10.0. The van der Waals surface area contributed by atoms with Crippen LogP contribution in [-0.2, 0) is 0 Å². The Labute approximate surface area is 169 Å². The minimum absolute atomic E-state index is 0.148. The summed E-state index contributed by atoms with van der Waals surface area (Å²) >= 11 is 0. The molecule has 0 radical (unpaired) electrons. The van der Waals surface area contributed by atoms with Crippen molar-refractivity contribution in [1.29, 1.82) is 0 Å². The van der Waals surface area contributed by atoms with E-state index in [2.05, 4.69) is 26.6 Å². The van der Waals surface area contributed by atoms with E-state index in [1.165, 1.54) is 0 Å². The van der Waals surface area contributed by atoms with Gasteiger partial charge in [0.15, 0.2) is 5.82 Å². The topological polar surface area (TPSA) is 109 Å². The zero-order valence-corrected chi connectivity index (χ0v) is 16.2. The van der Waals surface area contributed by atoms with E-state index in [1.54, 1.807) is 12.4 Å². The summed E-state index contributed by atoms with van der Waals surface area (Å²) < 4.78 is 0. The van der Waals surface area contributed by atoms with Crippen molar-refractivity contribution < 1.29 is 4.79 Å². The molecular formula is C21H25N7O. The Balaban J connectivity index is 1.54. The van der Waals surface area contributed by atoms with Crippen LogP contribution in [0.2, 0.25) is 0 Å². The first-order valence-electron chi connectivity index (χ1n) is 9.91. The molecule has 2 amide bonds. The van der Waals surface area contributed by atoms with Gasteiger partial charge < -0.3 is 21.3 Å². The zero-order chi connectivity index (χ0) is 20.1. The van der Waals surface area contributed by atoms with Crippen molar-refractivity contribution in [3.8, 4) is 11.4 Å². The minimum atomic E-state index is -0.153. The highest BCUT2D eigenvalue weighted by Gasteiger charge is 2.23. The Bertz CT molecular complexity index is 971. The van der Waals surface area contributed by atoms with Crippen LogP contribution < -0.4 is 21.3 Å². The fourth-order valence-electron chi connectivity index (χ4n) is 3.58.